The van der Waals surface area contributed by atoms with Crippen LogP contribution in [-0.4, -0.2) is 36.7 Å². The van der Waals surface area contributed by atoms with E-state index in [1.165, 1.54) is 16.4 Å². The number of nitrogens with zero attached hydrogens (tertiary/aromatic N) is 2. The normalized spacial score (nSPS) is 12.6. The highest BCUT2D eigenvalue weighted by Crippen LogP contribution is 2.22. The number of rotatable bonds is 10. The summed E-state index contributed by atoms with van der Waals surface area (Å²) in [6.45, 7) is 6.25. The van der Waals surface area contributed by atoms with Crippen LogP contribution in [0, 0.1) is 5.82 Å². The molecule has 0 aliphatic heterocycles. The molecule has 1 unspecified atom stereocenters. The number of hydrogen-bond donors (Lipinski definition) is 1. The minimum absolute atomic E-state index is 0.177. The molecule has 0 spiro atoms. The summed E-state index contributed by atoms with van der Waals surface area (Å²) in [6.07, 6.45) is 2.06. The molecular weight excluding hydrogens is 445 g/mol. The van der Waals surface area contributed by atoms with Gasteiger partial charge in [-0.15, -0.1) is 0 Å². The minimum atomic E-state index is -3.52. The van der Waals surface area contributed by atoms with Gasteiger partial charge in [0.1, 0.15) is 5.82 Å². The molecule has 7 nitrogen and oxygen atoms in total. The van der Waals surface area contributed by atoms with Crippen LogP contribution in [-0.2, 0) is 21.2 Å². The van der Waals surface area contributed by atoms with Gasteiger partial charge >= 0.3 is 0 Å². The zero-order valence-corrected chi connectivity index (χ0v) is 19.7. The van der Waals surface area contributed by atoms with Gasteiger partial charge in [-0.05, 0) is 48.9 Å². The number of benzene rings is 2. The van der Waals surface area contributed by atoms with Crippen LogP contribution < -0.4 is 5.32 Å². The predicted octanol–water partition coefficient (Wildman–Crippen LogP) is 4.32. The van der Waals surface area contributed by atoms with Crippen molar-refractivity contribution in [3.05, 3.63) is 72.0 Å². The van der Waals surface area contributed by atoms with Crippen molar-refractivity contribution in [2.45, 2.75) is 44.6 Å². The quantitative estimate of drug-likeness (QED) is 0.473. The van der Waals surface area contributed by atoms with E-state index in [1.807, 2.05) is 6.92 Å². The summed E-state index contributed by atoms with van der Waals surface area (Å²) in [6, 6.07) is 12.2. The number of carbonyl (C=O) groups is 1. The molecule has 0 radical (unpaired) electrons. The van der Waals surface area contributed by atoms with Crippen LogP contribution in [0.1, 0.15) is 44.7 Å². The molecule has 1 N–H and O–H groups in total. The maximum absolute atomic E-state index is 13.1. The molecule has 0 saturated carbocycles. The van der Waals surface area contributed by atoms with Crippen LogP contribution >= 0.6 is 0 Å². The molecule has 9 heteroatoms. The van der Waals surface area contributed by atoms with Crippen LogP contribution in [0.2, 0.25) is 0 Å². The van der Waals surface area contributed by atoms with E-state index in [-0.39, 0.29) is 29.1 Å². The highest BCUT2D eigenvalue weighted by Gasteiger charge is 2.21. The van der Waals surface area contributed by atoms with E-state index in [0.29, 0.717) is 36.7 Å². The van der Waals surface area contributed by atoms with E-state index < -0.39 is 10.0 Å². The Morgan fingerprint density at radius 1 is 1.09 bits per heavy atom. The van der Waals surface area contributed by atoms with E-state index in [0.717, 1.165) is 5.56 Å². The van der Waals surface area contributed by atoms with Crippen LogP contribution in [0.15, 0.2) is 64.0 Å². The number of sulfonamides is 1. The van der Waals surface area contributed by atoms with Gasteiger partial charge in [0.2, 0.25) is 15.9 Å². The summed E-state index contributed by atoms with van der Waals surface area (Å²) in [7, 11) is -3.52. The van der Waals surface area contributed by atoms with Gasteiger partial charge in [0, 0.05) is 31.5 Å². The Bertz CT molecular complexity index is 1170. The van der Waals surface area contributed by atoms with Crippen LogP contribution in [0.5, 0.6) is 0 Å². The first-order chi connectivity index (χ1) is 15.7. The lowest BCUT2D eigenvalue weighted by molar-refractivity contribution is -0.121. The fourth-order valence-electron chi connectivity index (χ4n) is 3.43. The van der Waals surface area contributed by atoms with Crippen molar-refractivity contribution in [1.82, 2.24) is 14.6 Å². The second-order valence-corrected chi connectivity index (χ2v) is 9.51. The number of aromatic nitrogens is 1. The Hall–Kier alpha value is -3.04. The Morgan fingerprint density at radius 2 is 1.73 bits per heavy atom. The molecule has 3 aromatic rings. The zero-order valence-electron chi connectivity index (χ0n) is 18.9. The average molecular weight is 474 g/mol. The molecule has 1 amide bonds. The highest BCUT2D eigenvalue weighted by molar-refractivity contribution is 7.89. The van der Waals surface area contributed by atoms with Gasteiger partial charge in [0.25, 0.3) is 0 Å². The summed E-state index contributed by atoms with van der Waals surface area (Å²) in [5.41, 5.74) is 1.51. The Morgan fingerprint density at radius 3 is 2.33 bits per heavy atom. The van der Waals surface area contributed by atoms with E-state index in [1.54, 1.807) is 56.4 Å². The van der Waals surface area contributed by atoms with E-state index in [2.05, 4.69) is 10.3 Å². The third-order valence-electron chi connectivity index (χ3n) is 5.35. The fourth-order valence-corrected chi connectivity index (χ4v) is 4.89. The third-order valence-corrected chi connectivity index (χ3v) is 7.41. The Balaban J connectivity index is 1.55. The summed E-state index contributed by atoms with van der Waals surface area (Å²) in [5.74, 6) is 0.426. The zero-order chi connectivity index (χ0) is 24.0. The largest absolute Gasteiger partial charge is 0.441 e. The third kappa shape index (κ3) is 6.06. The van der Waals surface area contributed by atoms with Crippen molar-refractivity contribution < 1.29 is 22.0 Å². The molecule has 0 aliphatic carbocycles. The lowest BCUT2D eigenvalue weighted by Gasteiger charge is -2.19. The fraction of sp³-hybridized carbons (Fsp3) is 0.333. The van der Waals surface area contributed by atoms with Crippen molar-refractivity contribution in [2.75, 3.05) is 13.1 Å². The summed E-state index contributed by atoms with van der Waals surface area (Å²) < 4.78 is 45.3. The lowest BCUT2D eigenvalue weighted by Crippen LogP contribution is -2.30. The lowest BCUT2D eigenvalue weighted by atomic mass is 10.1. The van der Waals surface area contributed by atoms with Gasteiger partial charge in [-0.1, -0.05) is 26.0 Å². The van der Waals surface area contributed by atoms with E-state index in [9.17, 15) is 17.6 Å². The van der Waals surface area contributed by atoms with Crippen molar-refractivity contribution in [1.29, 1.82) is 0 Å². The standard InChI is InChI=1S/C24H28FN3O4S/c1-4-28(5-2)33(30,31)21-12-8-18(9-13-21)17(3)27-23(29)14-15-24-26-16-22(32-24)19-6-10-20(25)11-7-19/h6-13,16-17H,4-5,14-15H2,1-3H3,(H,27,29). The minimum Gasteiger partial charge on any atom is -0.441 e. The van der Waals surface area contributed by atoms with Crippen molar-refractivity contribution >= 4 is 15.9 Å². The van der Waals surface area contributed by atoms with Gasteiger partial charge in [0.05, 0.1) is 17.1 Å². The van der Waals surface area contributed by atoms with Crippen LogP contribution in [0.25, 0.3) is 11.3 Å². The first-order valence-corrected chi connectivity index (χ1v) is 12.3. The van der Waals surface area contributed by atoms with Crippen LogP contribution in [0.4, 0.5) is 4.39 Å². The SMILES string of the molecule is CCN(CC)S(=O)(=O)c1ccc(C(C)NC(=O)CCc2ncc(-c3ccc(F)cc3)o2)cc1. The molecule has 33 heavy (non-hydrogen) atoms. The molecule has 0 aliphatic rings. The predicted molar refractivity (Wildman–Crippen MR) is 123 cm³/mol. The molecule has 3 rings (SSSR count). The molecule has 2 aromatic carbocycles. The number of hydrogen-bond acceptors (Lipinski definition) is 5. The van der Waals surface area contributed by atoms with Crippen molar-refractivity contribution in [3.8, 4) is 11.3 Å². The smallest absolute Gasteiger partial charge is 0.243 e. The molecule has 0 saturated heterocycles. The summed E-state index contributed by atoms with van der Waals surface area (Å²) >= 11 is 0. The van der Waals surface area contributed by atoms with Gasteiger partial charge < -0.3 is 9.73 Å². The molecular formula is C24H28FN3O4S. The first-order valence-electron chi connectivity index (χ1n) is 10.8. The van der Waals surface area contributed by atoms with Crippen molar-refractivity contribution in [3.63, 3.8) is 0 Å². The van der Waals surface area contributed by atoms with Crippen LogP contribution in [0.3, 0.4) is 0 Å². The summed E-state index contributed by atoms with van der Waals surface area (Å²) in [5, 5.41) is 2.90. The number of halogens is 1. The Kier molecular flexibility index (Phi) is 7.99. The van der Waals surface area contributed by atoms with Gasteiger partial charge in [-0.2, -0.15) is 4.31 Å². The molecule has 0 fully saturated rings. The molecule has 0 bridgehead atoms. The second-order valence-electron chi connectivity index (χ2n) is 7.57. The van der Waals surface area contributed by atoms with Gasteiger partial charge in [-0.3, -0.25) is 4.79 Å². The topological polar surface area (TPSA) is 92.5 Å². The second kappa shape index (κ2) is 10.7. The molecule has 1 heterocycles. The maximum atomic E-state index is 13.1. The molecule has 176 valence electrons. The number of nitrogens with one attached hydrogen (secondary N) is 1. The van der Waals surface area contributed by atoms with Crippen molar-refractivity contribution in [2.24, 2.45) is 0 Å². The highest BCUT2D eigenvalue weighted by atomic mass is 32.2. The number of aryl methyl sites for hydroxylation is 1. The van der Waals surface area contributed by atoms with E-state index in [4.69, 9.17) is 4.42 Å². The Labute approximate surface area is 193 Å². The monoisotopic (exact) mass is 473 g/mol. The molecule has 1 atom stereocenters. The van der Waals surface area contributed by atoms with Gasteiger partial charge in [0.15, 0.2) is 11.7 Å². The van der Waals surface area contributed by atoms with Gasteiger partial charge in [-0.25, -0.2) is 17.8 Å². The number of oxazole rings is 1. The first kappa shape index (κ1) is 24.6. The molecule has 1 aromatic heterocycles. The maximum Gasteiger partial charge on any atom is 0.243 e. The number of amides is 1. The average Bonchev–Trinajstić information content (AvgIpc) is 3.28. The summed E-state index contributed by atoms with van der Waals surface area (Å²) in [4.78, 5) is 16.8. The number of carbonyl (C=O) groups excluding carboxylic acids is 1. The van der Waals surface area contributed by atoms with E-state index >= 15 is 0 Å².